The van der Waals surface area contributed by atoms with E-state index in [9.17, 15) is 23.6 Å². The molecule has 0 atom stereocenters. The van der Waals surface area contributed by atoms with Gasteiger partial charge in [0.1, 0.15) is 23.7 Å². The number of nitrogen functional groups attached to an aromatic ring is 1. The summed E-state index contributed by atoms with van der Waals surface area (Å²) in [6, 6.07) is 4.90. The minimum Gasteiger partial charge on any atom is -0.388 e. The van der Waals surface area contributed by atoms with Crippen LogP contribution in [0.15, 0.2) is 43.1 Å². The number of benzene rings is 1. The van der Waals surface area contributed by atoms with Crippen molar-refractivity contribution in [3.63, 3.8) is 0 Å². The van der Waals surface area contributed by atoms with Crippen LogP contribution in [0.5, 0.6) is 0 Å². The summed E-state index contributed by atoms with van der Waals surface area (Å²) in [6.45, 7) is -0.611. The first-order valence-electron chi connectivity index (χ1n) is 8.36. The minimum absolute atomic E-state index is 0.109. The Morgan fingerprint density at radius 2 is 1.93 bits per heavy atom. The van der Waals surface area contributed by atoms with Crippen LogP contribution < -0.4 is 22.7 Å². The van der Waals surface area contributed by atoms with Gasteiger partial charge in [-0.25, -0.2) is 14.0 Å². The van der Waals surface area contributed by atoms with Crippen LogP contribution in [0, 0.1) is 5.82 Å². The van der Waals surface area contributed by atoms with Gasteiger partial charge in [-0.2, -0.15) is 4.68 Å². The average molecular weight is 387 g/mol. The number of Topliss-reactive ketones (excluding diaryl/α,β-unsaturated/α-hetero) is 1. The van der Waals surface area contributed by atoms with Crippen molar-refractivity contribution in [2.75, 3.05) is 5.73 Å². The van der Waals surface area contributed by atoms with Crippen molar-refractivity contribution >= 4 is 11.6 Å². The van der Waals surface area contributed by atoms with Gasteiger partial charge in [0, 0.05) is 11.6 Å². The molecule has 11 heteroatoms. The summed E-state index contributed by atoms with van der Waals surface area (Å²) in [6.07, 6.45) is 1.43. The van der Waals surface area contributed by atoms with Crippen molar-refractivity contribution in [2.45, 2.75) is 25.4 Å². The Labute approximate surface area is 155 Å². The first-order chi connectivity index (χ1) is 13.3. The van der Waals surface area contributed by atoms with E-state index in [2.05, 4.69) is 10.1 Å². The Kier molecular flexibility index (Phi) is 4.06. The van der Waals surface area contributed by atoms with Gasteiger partial charge in [-0.1, -0.05) is 0 Å². The van der Waals surface area contributed by atoms with Crippen LogP contribution in [0.3, 0.4) is 0 Å². The molecule has 3 aromatic rings. The number of nitrogens with one attached hydrogen (secondary N) is 1. The van der Waals surface area contributed by atoms with Crippen molar-refractivity contribution in [2.24, 2.45) is 0 Å². The average Bonchev–Trinajstić information content (AvgIpc) is 3.39. The highest BCUT2D eigenvalue weighted by Crippen LogP contribution is 2.35. The Bertz CT molecular complexity index is 1250. The second kappa shape index (κ2) is 6.44. The molecule has 4 rings (SSSR count). The molecule has 2 aromatic heterocycles. The first kappa shape index (κ1) is 17.6. The van der Waals surface area contributed by atoms with Gasteiger partial charge in [-0.3, -0.25) is 19.1 Å². The quantitative estimate of drug-likeness (QED) is 0.598. The second-order valence-electron chi connectivity index (χ2n) is 6.38. The molecule has 0 spiro atoms. The number of carbonyl (C=O) groups excluding carboxylic acids is 1. The van der Waals surface area contributed by atoms with E-state index in [1.807, 2.05) is 0 Å². The summed E-state index contributed by atoms with van der Waals surface area (Å²) < 4.78 is 19.9. The lowest BCUT2D eigenvalue weighted by molar-refractivity contribution is 0.0963. The standard InChI is InChI=1S/C17H14FN5O5/c18-9-3-1-8(2-4-9)15-21-22(17(27)28-15)7-11(24)12-13(19)23(10-5-6-10)16(26)20-14(12)25/h1-4,10H,5-7,19H2,(H,20,25,26). The van der Waals surface area contributed by atoms with Gasteiger partial charge in [0.2, 0.25) is 5.89 Å². The van der Waals surface area contributed by atoms with Gasteiger partial charge in [-0.15, -0.1) is 5.10 Å². The maximum Gasteiger partial charge on any atom is 0.437 e. The first-order valence-corrected chi connectivity index (χ1v) is 8.36. The summed E-state index contributed by atoms with van der Waals surface area (Å²) in [7, 11) is 0. The molecular weight excluding hydrogens is 373 g/mol. The van der Waals surface area contributed by atoms with E-state index in [-0.39, 0.29) is 17.8 Å². The Morgan fingerprint density at radius 3 is 2.57 bits per heavy atom. The molecule has 0 radical (unpaired) electrons. The van der Waals surface area contributed by atoms with Gasteiger partial charge in [0.25, 0.3) is 5.56 Å². The highest BCUT2D eigenvalue weighted by Gasteiger charge is 2.30. The number of nitrogens with zero attached hydrogens (tertiary/aromatic N) is 3. The van der Waals surface area contributed by atoms with Crippen LogP contribution in [0.25, 0.3) is 11.5 Å². The van der Waals surface area contributed by atoms with Gasteiger partial charge in [0.05, 0.1) is 0 Å². The topological polar surface area (TPSA) is 146 Å². The van der Waals surface area contributed by atoms with E-state index in [1.54, 1.807) is 0 Å². The van der Waals surface area contributed by atoms with E-state index in [4.69, 9.17) is 10.2 Å². The summed E-state index contributed by atoms with van der Waals surface area (Å²) in [5.41, 5.74) is 4.20. The lowest BCUT2D eigenvalue weighted by Crippen LogP contribution is -2.37. The highest BCUT2D eigenvalue weighted by molar-refractivity contribution is 5.99. The molecule has 0 saturated heterocycles. The largest absolute Gasteiger partial charge is 0.437 e. The van der Waals surface area contributed by atoms with Crippen molar-refractivity contribution in [3.05, 3.63) is 67.0 Å². The molecule has 0 unspecified atom stereocenters. The normalized spacial score (nSPS) is 13.6. The zero-order chi connectivity index (χ0) is 20.0. The fraction of sp³-hybridized carbons (Fsp3) is 0.235. The fourth-order valence-corrected chi connectivity index (χ4v) is 2.86. The second-order valence-corrected chi connectivity index (χ2v) is 6.38. The zero-order valence-corrected chi connectivity index (χ0v) is 14.3. The third-order valence-electron chi connectivity index (χ3n) is 4.36. The maximum absolute atomic E-state index is 13.0. The monoisotopic (exact) mass is 387 g/mol. The molecule has 1 aliphatic rings. The number of nitrogens with two attached hydrogens (primary N) is 1. The van der Waals surface area contributed by atoms with E-state index >= 15 is 0 Å². The summed E-state index contributed by atoms with van der Waals surface area (Å²) in [5.74, 6) is -2.55. The van der Waals surface area contributed by atoms with Gasteiger partial charge < -0.3 is 10.2 Å². The number of anilines is 1. The molecule has 3 N–H and O–H groups in total. The van der Waals surface area contributed by atoms with Crippen molar-refractivity contribution in [1.82, 2.24) is 19.3 Å². The van der Waals surface area contributed by atoms with E-state index in [0.29, 0.717) is 18.4 Å². The van der Waals surface area contributed by atoms with Crippen LogP contribution in [-0.4, -0.2) is 25.1 Å². The summed E-state index contributed by atoms with van der Waals surface area (Å²) in [5, 5.41) is 3.89. The van der Waals surface area contributed by atoms with Crippen molar-refractivity contribution in [3.8, 4) is 11.5 Å². The predicted octanol–water partition coefficient (Wildman–Crippen LogP) is 0.292. The fourth-order valence-electron chi connectivity index (χ4n) is 2.86. The smallest absolute Gasteiger partial charge is 0.388 e. The Balaban J connectivity index is 1.67. The molecule has 144 valence electrons. The predicted molar refractivity (Wildman–Crippen MR) is 94.5 cm³/mol. The molecule has 2 heterocycles. The Morgan fingerprint density at radius 1 is 1.25 bits per heavy atom. The van der Waals surface area contributed by atoms with E-state index < -0.39 is 40.7 Å². The SMILES string of the molecule is Nc1c(C(=O)Cn2nc(-c3ccc(F)cc3)oc2=O)c(=O)[nH]c(=O)n1C1CC1. The lowest BCUT2D eigenvalue weighted by Gasteiger charge is -2.10. The minimum atomic E-state index is -0.932. The number of hydrogen-bond donors (Lipinski definition) is 2. The number of halogens is 1. The number of carbonyl (C=O) groups is 1. The molecule has 1 aromatic carbocycles. The number of H-pyrrole nitrogens is 1. The Hall–Kier alpha value is -3.76. The number of hydrogen-bond acceptors (Lipinski definition) is 7. The molecule has 1 aliphatic carbocycles. The summed E-state index contributed by atoms with van der Waals surface area (Å²) in [4.78, 5) is 50.7. The molecule has 1 fully saturated rings. The molecule has 10 nitrogen and oxygen atoms in total. The van der Waals surface area contributed by atoms with Gasteiger partial charge in [0.15, 0.2) is 5.78 Å². The van der Waals surface area contributed by atoms with Crippen LogP contribution >= 0.6 is 0 Å². The van der Waals surface area contributed by atoms with Crippen LogP contribution in [-0.2, 0) is 6.54 Å². The number of ketones is 1. The maximum atomic E-state index is 13.0. The van der Waals surface area contributed by atoms with Crippen LogP contribution in [0.1, 0.15) is 29.2 Å². The molecule has 0 bridgehead atoms. The van der Waals surface area contributed by atoms with Gasteiger partial charge >= 0.3 is 11.4 Å². The highest BCUT2D eigenvalue weighted by atomic mass is 19.1. The molecule has 28 heavy (non-hydrogen) atoms. The summed E-state index contributed by atoms with van der Waals surface area (Å²) >= 11 is 0. The number of aromatic nitrogens is 4. The van der Waals surface area contributed by atoms with E-state index in [1.165, 1.54) is 28.8 Å². The lowest BCUT2D eigenvalue weighted by atomic mass is 10.2. The van der Waals surface area contributed by atoms with Crippen molar-refractivity contribution in [1.29, 1.82) is 0 Å². The molecule has 1 saturated carbocycles. The molecule has 0 aliphatic heterocycles. The van der Waals surface area contributed by atoms with Crippen molar-refractivity contribution < 1.29 is 13.6 Å². The number of aromatic amines is 1. The molecule has 0 amide bonds. The third kappa shape index (κ3) is 3.06. The van der Waals surface area contributed by atoms with Gasteiger partial charge in [-0.05, 0) is 37.1 Å². The molecular formula is C17H14FN5O5. The van der Waals surface area contributed by atoms with E-state index in [0.717, 1.165) is 4.68 Å². The van der Waals surface area contributed by atoms with Crippen LogP contribution in [0.4, 0.5) is 10.2 Å². The number of rotatable bonds is 5. The third-order valence-corrected chi connectivity index (χ3v) is 4.36. The van der Waals surface area contributed by atoms with Crippen LogP contribution in [0.2, 0.25) is 0 Å². The zero-order valence-electron chi connectivity index (χ0n) is 14.3.